The number of piperidine rings is 1. The van der Waals surface area contributed by atoms with Crippen molar-refractivity contribution in [3.63, 3.8) is 0 Å². The minimum absolute atomic E-state index is 0.298. The molecule has 1 aromatic rings. The van der Waals surface area contributed by atoms with Gasteiger partial charge in [0.1, 0.15) is 0 Å². The third-order valence-corrected chi connectivity index (χ3v) is 5.54. The van der Waals surface area contributed by atoms with Crippen LogP contribution in [0.15, 0.2) is 30.3 Å². The summed E-state index contributed by atoms with van der Waals surface area (Å²) < 4.78 is 11.3. The molecule has 20 heavy (non-hydrogen) atoms. The standard InChI is InChI=1S/C16H26N2OS/c1-14(20(2)19)8-11-17-15-9-12-18(13-10-15)16-6-4-3-5-7-16/h3-7,14-15,17H,8-13H2,1-2H3. The first-order valence-electron chi connectivity index (χ1n) is 7.52. The maximum absolute atomic E-state index is 11.3. The van der Waals surface area contributed by atoms with Crippen molar-refractivity contribution in [3.05, 3.63) is 30.3 Å². The second kappa shape index (κ2) is 7.79. The quantitative estimate of drug-likeness (QED) is 0.874. The monoisotopic (exact) mass is 294 g/mol. The normalized spacial score (nSPS) is 19.8. The zero-order valence-corrected chi connectivity index (χ0v) is 13.4. The Hall–Kier alpha value is -0.870. The summed E-state index contributed by atoms with van der Waals surface area (Å²) in [6.45, 7) is 5.29. The van der Waals surface area contributed by atoms with Gasteiger partial charge in [-0.1, -0.05) is 25.1 Å². The molecule has 0 saturated carbocycles. The molecule has 112 valence electrons. The van der Waals surface area contributed by atoms with Crippen LogP contribution < -0.4 is 10.2 Å². The van der Waals surface area contributed by atoms with E-state index < -0.39 is 10.8 Å². The van der Waals surface area contributed by atoms with Crippen LogP contribution in [0.1, 0.15) is 26.2 Å². The highest BCUT2D eigenvalue weighted by atomic mass is 32.2. The summed E-state index contributed by atoms with van der Waals surface area (Å²) in [4.78, 5) is 2.46. The molecule has 3 nitrogen and oxygen atoms in total. The minimum Gasteiger partial charge on any atom is -0.371 e. The van der Waals surface area contributed by atoms with Gasteiger partial charge in [0.15, 0.2) is 0 Å². The molecule has 0 aromatic heterocycles. The lowest BCUT2D eigenvalue weighted by atomic mass is 10.0. The van der Waals surface area contributed by atoms with Crippen molar-refractivity contribution in [2.75, 3.05) is 30.8 Å². The highest BCUT2D eigenvalue weighted by Gasteiger charge is 2.19. The van der Waals surface area contributed by atoms with Gasteiger partial charge in [-0.15, -0.1) is 0 Å². The zero-order chi connectivity index (χ0) is 14.4. The number of hydrogen-bond acceptors (Lipinski definition) is 3. The van der Waals surface area contributed by atoms with E-state index in [1.807, 2.05) is 0 Å². The SMILES string of the molecule is CC(CCNC1CCN(c2ccccc2)CC1)S(C)=O. The maximum atomic E-state index is 11.3. The fourth-order valence-corrected chi connectivity index (χ4v) is 3.09. The first kappa shape index (κ1) is 15.5. The van der Waals surface area contributed by atoms with Crippen LogP contribution in [-0.4, -0.2) is 41.4 Å². The Balaban J connectivity index is 1.68. The Kier molecular flexibility index (Phi) is 6.05. The topological polar surface area (TPSA) is 32.3 Å². The van der Waals surface area contributed by atoms with Crippen LogP contribution in [0.3, 0.4) is 0 Å². The molecule has 1 saturated heterocycles. The van der Waals surface area contributed by atoms with Gasteiger partial charge < -0.3 is 10.2 Å². The molecule has 0 radical (unpaired) electrons. The molecule has 0 aliphatic carbocycles. The highest BCUT2D eigenvalue weighted by molar-refractivity contribution is 7.84. The van der Waals surface area contributed by atoms with Crippen LogP contribution in [0, 0.1) is 0 Å². The Morgan fingerprint density at radius 1 is 1.30 bits per heavy atom. The van der Waals surface area contributed by atoms with E-state index >= 15 is 0 Å². The number of nitrogens with zero attached hydrogens (tertiary/aromatic N) is 1. The van der Waals surface area contributed by atoms with Gasteiger partial charge in [0.25, 0.3) is 0 Å². The largest absolute Gasteiger partial charge is 0.371 e. The molecule has 2 rings (SSSR count). The predicted molar refractivity (Wildman–Crippen MR) is 87.8 cm³/mol. The zero-order valence-electron chi connectivity index (χ0n) is 12.5. The third kappa shape index (κ3) is 4.60. The Bertz CT molecular complexity index is 416. The van der Waals surface area contributed by atoms with Crippen molar-refractivity contribution in [2.24, 2.45) is 0 Å². The molecule has 1 aromatic carbocycles. The van der Waals surface area contributed by atoms with E-state index in [-0.39, 0.29) is 0 Å². The molecular formula is C16H26N2OS. The lowest BCUT2D eigenvalue weighted by molar-refractivity contribution is 0.412. The lowest BCUT2D eigenvalue weighted by Crippen LogP contribution is -2.43. The van der Waals surface area contributed by atoms with Crippen molar-refractivity contribution in [3.8, 4) is 0 Å². The van der Waals surface area contributed by atoms with E-state index in [9.17, 15) is 4.21 Å². The molecule has 1 heterocycles. The maximum Gasteiger partial charge on any atom is 0.0366 e. The van der Waals surface area contributed by atoms with E-state index in [1.54, 1.807) is 6.26 Å². The van der Waals surface area contributed by atoms with Crippen LogP contribution >= 0.6 is 0 Å². The molecule has 1 fully saturated rings. The van der Waals surface area contributed by atoms with Gasteiger partial charge in [0, 0.05) is 47.1 Å². The smallest absolute Gasteiger partial charge is 0.0366 e. The average Bonchev–Trinajstić information content (AvgIpc) is 2.48. The Morgan fingerprint density at radius 3 is 2.55 bits per heavy atom. The van der Waals surface area contributed by atoms with Crippen molar-refractivity contribution in [1.29, 1.82) is 0 Å². The molecule has 0 bridgehead atoms. The summed E-state index contributed by atoms with van der Waals surface area (Å²) in [5.74, 6) is 0. The third-order valence-electron chi connectivity index (χ3n) is 4.17. The van der Waals surface area contributed by atoms with Gasteiger partial charge in [-0.05, 0) is 37.9 Å². The summed E-state index contributed by atoms with van der Waals surface area (Å²) >= 11 is 0. The summed E-state index contributed by atoms with van der Waals surface area (Å²) in [6, 6.07) is 11.3. The van der Waals surface area contributed by atoms with Gasteiger partial charge in [0.2, 0.25) is 0 Å². The van der Waals surface area contributed by atoms with Gasteiger partial charge in [0.05, 0.1) is 0 Å². The molecule has 1 aliphatic heterocycles. The van der Waals surface area contributed by atoms with Crippen LogP contribution in [0.25, 0.3) is 0 Å². The molecule has 0 amide bonds. The van der Waals surface area contributed by atoms with Crippen molar-refractivity contribution in [1.82, 2.24) is 5.32 Å². The molecule has 1 aliphatic rings. The second-order valence-corrected chi connectivity index (χ2v) is 7.45. The van der Waals surface area contributed by atoms with E-state index in [4.69, 9.17) is 0 Å². The van der Waals surface area contributed by atoms with E-state index in [0.29, 0.717) is 11.3 Å². The highest BCUT2D eigenvalue weighted by Crippen LogP contribution is 2.19. The van der Waals surface area contributed by atoms with E-state index in [2.05, 4.69) is 47.5 Å². The average molecular weight is 294 g/mol. The fraction of sp³-hybridized carbons (Fsp3) is 0.625. The fourth-order valence-electron chi connectivity index (χ4n) is 2.64. The number of benzene rings is 1. The van der Waals surface area contributed by atoms with Crippen LogP contribution in [0.5, 0.6) is 0 Å². The number of hydrogen-bond donors (Lipinski definition) is 1. The van der Waals surface area contributed by atoms with Gasteiger partial charge in [-0.25, -0.2) is 0 Å². The number of anilines is 1. The van der Waals surface area contributed by atoms with Crippen LogP contribution in [-0.2, 0) is 10.8 Å². The van der Waals surface area contributed by atoms with Gasteiger partial charge in [-0.2, -0.15) is 0 Å². The minimum atomic E-state index is -0.696. The predicted octanol–water partition coefficient (Wildman–Crippen LogP) is 2.40. The van der Waals surface area contributed by atoms with E-state index in [1.165, 1.54) is 18.5 Å². The molecular weight excluding hydrogens is 268 g/mol. The summed E-state index contributed by atoms with van der Waals surface area (Å²) in [5.41, 5.74) is 1.33. The summed E-state index contributed by atoms with van der Waals surface area (Å²) in [7, 11) is -0.696. The van der Waals surface area contributed by atoms with Crippen molar-refractivity contribution >= 4 is 16.5 Å². The first-order chi connectivity index (χ1) is 9.66. The Labute approximate surface area is 125 Å². The van der Waals surface area contributed by atoms with Crippen LogP contribution in [0.4, 0.5) is 5.69 Å². The second-order valence-electron chi connectivity index (χ2n) is 5.65. The molecule has 0 spiro atoms. The summed E-state index contributed by atoms with van der Waals surface area (Å²) in [5, 5.41) is 3.92. The number of para-hydroxylation sites is 1. The van der Waals surface area contributed by atoms with Crippen molar-refractivity contribution < 1.29 is 4.21 Å². The van der Waals surface area contributed by atoms with E-state index in [0.717, 1.165) is 26.1 Å². The van der Waals surface area contributed by atoms with Crippen LogP contribution in [0.2, 0.25) is 0 Å². The van der Waals surface area contributed by atoms with Gasteiger partial charge >= 0.3 is 0 Å². The first-order valence-corrected chi connectivity index (χ1v) is 9.14. The summed E-state index contributed by atoms with van der Waals surface area (Å²) in [6.07, 6.45) is 5.18. The number of rotatable bonds is 6. The number of nitrogens with one attached hydrogen (secondary N) is 1. The molecule has 2 unspecified atom stereocenters. The molecule has 1 N–H and O–H groups in total. The van der Waals surface area contributed by atoms with Crippen molar-refractivity contribution in [2.45, 2.75) is 37.5 Å². The molecule has 4 heteroatoms. The Morgan fingerprint density at radius 2 is 1.95 bits per heavy atom. The molecule has 2 atom stereocenters. The lowest BCUT2D eigenvalue weighted by Gasteiger charge is -2.34. The van der Waals surface area contributed by atoms with Gasteiger partial charge in [-0.3, -0.25) is 4.21 Å².